The van der Waals surface area contributed by atoms with Crippen LogP contribution in [0.5, 0.6) is 0 Å². The van der Waals surface area contributed by atoms with E-state index in [1.165, 1.54) is 6.92 Å². The highest BCUT2D eigenvalue weighted by molar-refractivity contribution is 7.89. The summed E-state index contributed by atoms with van der Waals surface area (Å²) in [5.74, 6) is 0.141. The van der Waals surface area contributed by atoms with E-state index in [0.29, 0.717) is 43.9 Å². The maximum atomic E-state index is 12.8. The summed E-state index contributed by atoms with van der Waals surface area (Å²) in [6, 6.07) is 8.48. The molecule has 2 N–H and O–H groups in total. The fourth-order valence-electron chi connectivity index (χ4n) is 3.49. The molecule has 2 rings (SSSR count). The molecule has 7 nitrogen and oxygen atoms in total. The zero-order valence-electron chi connectivity index (χ0n) is 16.0. The second-order valence-electron chi connectivity index (χ2n) is 6.93. The van der Waals surface area contributed by atoms with Crippen molar-refractivity contribution in [1.82, 2.24) is 14.9 Å². The highest BCUT2D eigenvalue weighted by Gasteiger charge is 2.35. The van der Waals surface area contributed by atoms with Gasteiger partial charge < -0.3 is 10.6 Å². The summed E-state index contributed by atoms with van der Waals surface area (Å²) in [5, 5.41) is 5.45. The van der Waals surface area contributed by atoms with E-state index in [2.05, 4.69) is 10.6 Å². The molecule has 0 spiro atoms. The predicted octanol–water partition coefficient (Wildman–Crippen LogP) is 1.37. The fourth-order valence-corrected chi connectivity index (χ4v) is 5.02. The van der Waals surface area contributed by atoms with Crippen LogP contribution < -0.4 is 10.6 Å². The average molecular weight is 396 g/mol. The molecule has 2 atom stereocenters. The number of hydrogen-bond donors (Lipinski definition) is 2. The lowest BCUT2D eigenvalue weighted by Gasteiger charge is -2.37. The SMILES string of the molecule is CC[C@H]1CN(S(=O)(=O)c2ccccc2)CC[C@H]1CC(=O)NCCNC(C)=O. The lowest BCUT2D eigenvalue weighted by atomic mass is 9.82. The molecule has 8 heteroatoms. The van der Waals surface area contributed by atoms with Gasteiger partial charge in [0, 0.05) is 39.5 Å². The Morgan fingerprint density at radius 1 is 1.11 bits per heavy atom. The second kappa shape index (κ2) is 9.85. The van der Waals surface area contributed by atoms with E-state index in [4.69, 9.17) is 0 Å². The minimum Gasteiger partial charge on any atom is -0.355 e. The number of rotatable bonds is 8. The first kappa shape index (κ1) is 21.4. The normalized spacial score (nSPS) is 20.8. The minimum atomic E-state index is -3.49. The van der Waals surface area contributed by atoms with Gasteiger partial charge >= 0.3 is 0 Å². The van der Waals surface area contributed by atoms with Gasteiger partial charge in [0.1, 0.15) is 0 Å². The van der Waals surface area contributed by atoms with Crippen molar-refractivity contribution in [2.24, 2.45) is 11.8 Å². The van der Waals surface area contributed by atoms with Gasteiger partial charge in [-0.25, -0.2) is 8.42 Å². The zero-order chi connectivity index (χ0) is 19.9. The van der Waals surface area contributed by atoms with Crippen molar-refractivity contribution >= 4 is 21.8 Å². The number of carbonyl (C=O) groups excluding carboxylic acids is 2. The monoisotopic (exact) mass is 395 g/mol. The number of carbonyl (C=O) groups is 2. The van der Waals surface area contributed by atoms with Crippen molar-refractivity contribution in [2.75, 3.05) is 26.2 Å². The van der Waals surface area contributed by atoms with Crippen LogP contribution in [0.4, 0.5) is 0 Å². The van der Waals surface area contributed by atoms with Crippen molar-refractivity contribution in [3.63, 3.8) is 0 Å². The minimum absolute atomic E-state index is 0.0526. The van der Waals surface area contributed by atoms with Gasteiger partial charge in [0.05, 0.1) is 4.90 Å². The Balaban J connectivity index is 1.90. The Morgan fingerprint density at radius 2 is 1.78 bits per heavy atom. The Kier molecular flexibility index (Phi) is 7.79. The Hall–Kier alpha value is -1.93. The fraction of sp³-hybridized carbons (Fsp3) is 0.579. The summed E-state index contributed by atoms with van der Waals surface area (Å²) < 4.78 is 27.2. The summed E-state index contributed by atoms with van der Waals surface area (Å²) in [4.78, 5) is 23.3. The number of piperidine rings is 1. The molecule has 27 heavy (non-hydrogen) atoms. The number of sulfonamides is 1. The van der Waals surface area contributed by atoms with Crippen molar-refractivity contribution in [3.8, 4) is 0 Å². The van der Waals surface area contributed by atoms with E-state index >= 15 is 0 Å². The quantitative estimate of drug-likeness (QED) is 0.650. The maximum absolute atomic E-state index is 12.8. The van der Waals surface area contributed by atoms with Gasteiger partial charge in [0.2, 0.25) is 21.8 Å². The highest BCUT2D eigenvalue weighted by Crippen LogP contribution is 2.31. The molecule has 1 fully saturated rings. The smallest absolute Gasteiger partial charge is 0.243 e. The molecule has 1 saturated heterocycles. The van der Waals surface area contributed by atoms with E-state index in [9.17, 15) is 18.0 Å². The first-order valence-corrected chi connectivity index (χ1v) is 10.8. The summed E-state index contributed by atoms with van der Waals surface area (Å²) in [5.41, 5.74) is 0. The third-order valence-electron chi connectivity index (χ3n) is 5.03. The van der Waals surface area contributed by atoms with E-state index in [1.807, 2.05) is 6.92 Å². The van der Waals surface area contributed by atoms with Crippen LogP contribution in [0, 0.1) is 11.8 Å². The van der Waals surface area contributed by atoms with Gasteiger partial charge in [-0.3, -0.25) is 9.59 Å². The van der Waals surface area contributed by atoms with Gasteiger partial charge in [-0.2, -0.15) is 4.31 Å². The summed E-state index contributed by atoms with van der Waals surface area (Å²) in [6.45, 7) is 5.15. The maximum Gasteiger partial charge on any atom is 0.243 e. The molecule has 2 amide bonds. The van der Waals surface area contributed by atoms with E-state index in [1.54, 1.807) is 34.6 Å². The molecule has 1 aromatic rings. The molecular formula is C19H29N3O4S. The lowest BCUT2D eigenvalue weighted by Crippen LogP contribution is -2.45. The number of benzene rings is 1. The lowest BCUT2D eigenvalue weighted by molar-refractivity contribution is -0.123. The molecule has 0 aliphatic carbocycles. The molecule has 0 aromatic heterocycles. The van der Waals surface area contributed by atoms with Crippen LogP contribution in [0.25, 0.3) is 0 Å². The van der Waals surface area contributed by atoms with E-state index < -0.39 is 10.0 Å². The van der Waals surface area contributed by atoms with Crippen LogP contribution in [0.15, 0.2) is 35.2 Å². The molecule has 0 bridgehead atoms. The van der Waals surface area contributed by atoms with Gasteiger partial charge in [-0.1, -0.05) is 31.5 Å². The van der Waals surface area contributed by atoms with Crippen molar-refractivity contribution < 1.29 is 18.0 Å². The number of amides is 2. The highest BCUT2D eigenvalue weighted by atomic mass is 32.2. The first-order chi connectivity index (χ1) is 12.8. The van der Waals surface area contributed by atoms with E-state index in [-0.39, 0.29) is 23.7 Å². The van der Waals surface area contributed by atoms with Crippen LogP contribution in [-0.2, 0) is 19.6 Å². The molecule has 1 aliphatic heterocycles. The molecule has 1 aromatic carbocycles. The summed E-state index contributed by atoms with van der Waals surface area (Å²) in [6.07, 6.45) is 1.88. The Labute approximate surface area is 161 Å². The van der Waals surface area contributed by atoms with Crippen LogP contribution in [-0.4, -0.2) is 50.7 Å². The third-order valence-corrected chi connectivity index (χ3v) is 6.91. The van der Waals surface area contributed by atoms with Crippen LogP contribution >= 0.6 is 0 Å². The van der Waals surface area contributed by atoms with E-state index in [0.717, 1.165) is 6.42 Å². The summed E-state index contributed by atoms with van der Waals surface area (Å²) >= 11 is 0. The largest absolute Gasteiger partial charge is 0.355 e. The molecule has 1 heterocycles. The molecule has 0 unspecified atom stereocenters. The molecule has 0 radical (unpaired) electrons. The molecule has 150 valence electrons. The molecule has 1 aliphatic rings. The van der Waals surface area contributed by atoms with Gasteiger partial charge in [0.15, 0.2) is 0 Å². The molecule has 0 saturated carbocycles. The summed E-state index contributed by atoms with van der Waals surface area (Å²) in [7, 11) is -3.49. The standard InChI is InChI=1S/C19H29N3O4S/c1-3-16-14-22(27(25,26)18-7-5-4-6-8-18)12-9-17(16)13-19(24)21-11-10-20-15(2)23/h4-8,16-17H,3,9-14H2,1-2H3,(H,20,23)(H,21,24)/t16-,17-/m0/s1. The van der Waals surface area contributed by atoms with Gasteiger partial charge in [0.25, 0.3) is 0 Å². The second-order valence-corrected chi connectivity index (χ2v) is 8.87. The number of nitrogens with one attached hydrogen (secondary N) is 2. The van der Waals surface area contributed by atoms with Gasteiger partial charge in [-0.15, -0.1) is 0 Å². The number of nitrogens with zero attached hydrogens (tertiary/aromatic N) is 1. The Morgan fingerprint density at radius 3 is 2.41 bits per heavy atom. The topological polar surface area (TPSA) is 95.6 Å². The van der Waals surface area contributed by atoms with Gasteiger partial charge in [-0.05, 0) is 30.4 Å². The zero-order valence-corrected chi connectivity index (χ0v) is 16.8. The van der Waals surface area contributed by atoms with Crippen molar-refractivity contribution in [1.29, 1.82) is 0 Å². The van der Waals surface area contributed by atoms with Crippen LogP contribution in [0.2, 0.25) is 0 Å². The van der Waals surface area contributed by atoms with Crippen molar-refractivity contribution in [3.05, 3.63) is 30.3 Å². The molecular weight excluding hydrogens is 366 g/mol. The third kappa shape index (κ3) is 6.04. The van der Waals surface area contributed by atoms with Crippen LogP contribution in [0.3, 0.4) is 0 Å². The Bertz CT molecular complexity index is 737. The predicted molar refractivity (Wildman–Crippen MR) is 103 cm³/mol. The van der Waals surface area contributed by atoms with Crippen molar-refractivity contribution in [2.45, 2.75) is 38.0 Å². The average Bonchev–Trinajstić information content (AvgIpc) is 2.66. The first-order valence-electron chi connectivity index (χ1n) is 9.41. The number of hydrogen-bond acceptors (Lipinski definition) is 4. The van der Waals surface area contributed by atoms with Crippen LogP contribution in [0.1, 0.15) is 33.1 Å².